The van der Waals surface area contributed by atoms with Crippen LogP contribution < -0.4 is 0 Å². The van der Waals surface area contributed by atoms with E-state index in [1.807, 2.05) is 0 Å². The smallest absolute Gasteiger partial charge is 0.236 e. The standard InChI is InChI=1S/C20H33N5O/c1-16-8-4-6-12-24(16)19(26)15-23-11-7-9-17(14-23)20-22-21-18-10-3-2-5-13-25(18)20/h16-17H,2-15H2,1H3. The van der Waals surface area contributed by atoms with Crippen LogP contribution in [0.4, 0.5) is 0 Å². The van der Waals surface area contributed by atoms with Gasteiger partial charge in [-0.25, -0.2) is 0 Å². The summed E-state index contributed by atoms with van der Waals surface area (Å²) < 4.78 is 2.38. The molecule has 0 aliphatic carbocycles. The number of rotatable bonds is 3. The van der Waals surface area contributed by atoms with Gasteiger partial charge in [0.05, 0.1) is 6.54 Å². The monoisotopic (exact) mass is 359 g/mol. The largest absolute Gasteiger partial charge is 0.339 e. The first kappa shape index (κ1) is 18.0. The zero-order valence-corrected chi connectivity index (χ0v) is 16.2. The zero-order valence-electron chi connectivity index (χ0n) is 16.2. The van der Waals surface area contributed by atoms with Crippen molar-refractivity contribution in [1.29, 1.82) is 0 Å². The lowest BCUT2D eigenvalue weighted by Gasteiger charge is -2.37. The van der Waals surface area contributed by atoms with E-state index in [2.05, 4.69) is 31.5 Å². The van der Waals surface area contributed by atoms with E-state index < -0.39 is 0 Å². The molecule has 2 unspecified atom stereocenters. The molecule has 2 fully saturated rings. The van der Waals surface area contributed by atoms with Crippen LogP contribution in [0.2, 0.25) is 0 Å². The Labute approximate surface area is 156 Å². The van der Waals surface area contributed by atoms with Crippen LogP contribution in [0.5, 0.6) is 0 Å². The van der Waals surface area contributed by atoms with E-state index in [0.29, 0.717) is 24.4 Å². The summed E-state index contributed by atoms with van der Waals surface area (Å²) in [5, 5.41) is 9.05. The van der Waals surface area contributed by atoms with E-state index in [-0.39, 0.29) is 0 Å². The molecule has 1 aromatic rings. The number of likely N-dealkylation sites (tertiary alicyclic amines) is 2. The van der Waals surface area contributed by atoms with E-state index in [1.165, 1.54) is 43.8 Å². The number of aromatic nitrogens is 3. The first-order valence-electron chi connectivity index (χ1n) is 10.7. The molecule has 3 aliphatic heterocycles. The molecule has 4 heterocycles. The maximum atomic E-state index is 12.8. The van der Waals surface area contributed by atoms with Gasteiger partial charge in [0.25, 0.3) is 0 Å². The molecule has 4 rings (SSSR count). The number of piperidine rings is 2. The molecule has 3 aliphatic rings. The third-order valence-electron chi connectivity index (χ3n) is 6.49. The normalized spacial score (nSPS) is 27.8. The predicted octanol–water partition coefficient (Wildman–Crippen LogP) is 2.58. The Bertz CT molecular complexity index is 628. The summed E-state index contributed by atoms with van der Waals surface area (Å²) in [7, 11) is 0. The highest BCUT2D eigenvalue weighted by molar-refractivity contribution is 5.78. The van der Waals surface area contributed by atoms with Crippen LogP contribution in [0.3, 0.4) is 0 Å². The van der Waals surface area contributed by atoms with Crippen LogP contribution in [-0.2, 0) is 17.8 Å². The minimum absolute atomic E-state index is 0.318. The molecule has 1 amide bonds. The van der Waals surface area contributed by atoms with Gasteiger partial charge < -0.3 is 9.47 Å². The number of carbonyl (C=O) groups excluding carboxylic acids is 1. The quantitative estimate of drug-likeness (QED) is 0.832. The van der Waals surface area contributed by atoms with Crippen molar-refractivity contribution in [1.82, 2.24) is 24.6 Å². The molecule has 6 heteroatoms. The Morgan fingerprint density at radius 2 is 1.88 bits per heavy atom. The zero-order chi connectivity index (χ0) is 17.9. The lowest BCUT2D eigenvalue weighted by molar-refractivity contribution is -0.136. The lowest BCUT2D eigenvalue weighted by atomic mass is 9.96. The topological polar surface area (TPSA) is 54.3 Å². The number of hydrogen-bond donors (Lipinski definition) is 0. The molecule has 0 bridgehead atoms. The van der Waals surface area contributed by atoms with Crippen molar-refractivity contribution in [3.8, 4) is 0 Å². The van der Waals surface area contributed by atoms with Crippen molar-refractivity contribution in [3.05, 3.63) is 11.6 Å². The van der Waals surface area contributed by atoms with Gasteiger partial charge in [0.1, 0.15) is 11.6 Å². The Balaban J connectivity index is 1.40. The molecule has 0 spiro atoms. The van der Waals surface area contributed by atoms with Gasteiger partial charge in [-0.1, -0.05) is 6.42 Å². The molecule has 0 radical (unpaired) electrons. The Kier molecular flexibility index (Phi) is 5.57. The molecule has 26 heavy (non-hydrogen) atoms. The van der Waals surface area contributed by atoms with Gasteiger partial charge in [-0.3, -0.25) is 9.69 Å². The van der Waals surface area contributed by atoms with Gasteiger partial charge in [0, 0.05) is 38.0 Å². The summed E-state index contributed by atoms with van der Waals surface area (Å²) in [5.74, 6) is 3.09. The van der Waals surface area contributed by atoms with Gasteiger partial charge in [0.2, 0.25) is 5.91 Å². The number of hydrogen-bond acceptors (Lipinski definition) is 4. The van der Waals surface area contributed by atoms with E-state index >= 15 is 0 Å². The molecule has 6 nitrogen and oxygen atoms in total. The van der Waals surface area contributed by atoms with Crippen molar-refractivity contribution < 1.29 is 4.79 Å². The number of carbonyl (C=O) groups is 1. The highest BCUT2D eigenvalue weighted by Crippen LogP contribution is 2.28. The fourth-order valence-corrected chi connectivity index (χ4v) is 4.97. The van der Waals surface area contributed by atoms with Crippen molar-refractivity contribution in [2.75, 3.05) is 26.2 Å². The third kappa shape index (κ3) is 3.80. The Morgan fingerprint density at radius 1 is 1.00 bits per heavy atom. The van der Waals surface area contributed by atoms with E-state index in [0.717, 1.165) is 51.9 Å². The van der Waals surface area contributed by atoms with Crippen molar-refractivity contribution in [2.24, 2.45) is 0 Å². The molecular formula is C20H33N5O. The molecule has 144 valence electrons. The van der Waals surface area contributed by atoms with Crippen molar-refractivity contribution >= 4 is 5.91 Å². The molecule has 0 aromatic carbocycles. The molecule has 0 saturated carbocycles. The minimum Gasteiger partial charge on any atom is -0.339 e. The maximum Gasteiger partial charge on any atom is 0.236 e. The van der Waals surface area contributed by atoms with Crippen LogP contribution in [-0.4, -0.2) is 62.7 Å². The number of nitrogens with zero attached hydrogens (tertiary/aromatic N) is 5. The first-order chi connectivity index (χ1) is 12.7. The Morgan fingerprint density at radius 3 is 2.77 bits per heavy atom. The van der Waals surface area contributed by atoms with Gasteiger partial charge in [-0.15, -0.1) is 10.2 Å². The lowest BCUT2D eigenvalue weighted by Crippen LogP contribution is -2.48. The summed E-state index contributed by atoms with van der Waals surface area (Å²) in [4.78, 5) is 17.3. The fraction of sp³-hybridized carbons (Fsp3) is 0.850. The van der Waals surface area contributed by atoms with Crippen molar-refractivity contribution in [2.45, 2.75) is 83.2 Å². The third-order valence-corrected chi connectivity index (χ3v) is 6.49. The molecular weight excluding hydrogens is 326 g/mol. The van der Waals surface area contributed by atoms with Gasteiger partial charge >= 0.3 is 0 Å². The summed E-state index contributed by atoms with van der Waals surface area (Å²) in [6.07, 6.45) is 10.7. The second-order valence-corrected chi connectivity index (χ2v) is 8.44. The average molecular weight is 360 g/mol. The molecule has 0 N–H and O–H groups in total. The number of fused-ring (bicyclic) bond motifs is 1. The van der Waals surface area contributed by atoms with Crippen LogP contribution in [0.15, 0.2) is 0 Å². The van der Waals surface area contributed by atoms with E-state index in [9.17, 15) is 4.79 Å². The SMILES string of the molecule is CC1CCCCN1C(=O)CN1CCCC(c2nnc3n2CCCCC3)C1. The van der Waals surface area contributed by atoms with Crippen LogP contribution in [0, 0.1) is 0 Å². The highest BCUT2D eigenvalue weighted by Gasteiger charge is 2.30. The fourth-order valence-electron chi connectivity index (χ4n) is 4.97. The second-order valence-electron chi connectivity index (χ2n) is 8.44. The summed E-state index contributed by atoms with van der Waals surface area (Å²) in [6, 6.07) is 0.407. The predicted molar refractivity (Wildman–Crippen MR) is 101 cm³/mol. The molecule has 1 aromatic heterocycles. The van der Waals surface area contributed by atoms with E-state index in [1.54, 1.807) is 0 Å². The minimum atomic E-state index is 0.318. The number of aryl methyl sites for hydroxylation is 1. The van der Waals surface area contributed by atoms with Crippen LogP contribution >= 0.6 is 0 Å². The summed E-state index contributed by atoms with van der Waals surface area (Å²) in [5.41, 5.74) is 0. The maximum absolute atomic E-state index is 12.8. The summed E-state index contributed by atoms with van der Waals surface area (Å²) >= 11 is 0. The number of amides is 1. The average Bonchev–Trinajstić information content (AvgIpc) is 2.91. The van der Waals surface area contributed by atoms with Gasteiger partial charge in [-0.2, -0.15) is 0 Å². The highest BCUT2D eigenvalue weighted by atomic mass is 16.2. The molecule has 2 atom stereocenters. The van der Waals surface area contributed by atoms with Gasteiger partial charge in [0.15, 0.2) is 0 Å². The van der Waals surface area contributed by atoms with Crippen molar-refractivity contribution in [3.63, 3.8) is 0 Å². The van der Waals surface area contributed by atoms with E-state index in [4.69, 9.17) is 0 Å². The molecule has 2 saturated heterocycles. The first-order valence-corrected chi connectivity index (χ1v) is 10.7. The second kappa shape index (κ2) is 8.07. The van der Waals surface area contributed by atoms with Crippen LogP contribution in [0.25, 0.3) is 0 Å². The van der Waals surface area contributed by atoms with Crippen LogP contribution in [0.1, 0.15) is 75.9 Å². The van der Waals surface area contributed by atoms with Gasteiger partial charge in [-0.05, 0) is 58.4 Å². The summed E-state index contributed by atoms with van der Waals surface area (Å²) in [6.45, 7) is 6.76. The Hall–Kier alpha value is -1.43.